The van der Waals surface area contributed by atoms with Crippen molar-refractivity contribution in [2.24, 2.45) is 0 Å². The summed E-state index contributed by atoms with van der Waals surface area (Å²) in [4.78, 5) is 12.2. The van der Waals surface area contributed by atoms with Crippen LogP contribution in [0, 0.1) is 6.92 Å². The molecule has 0 aliphatic heterocycles. The number of sulfonamides is 1. The molecule has 0 aliphatic rings. The lowest BCUT2D eigenvalue weighted by Gasteiger charge is -2.22. The minimum absolute atomic E-state index is 0.00404. The molecule has 26 heavy (non-hydrogen) atoms. The molecule has 0 saturated heterocycles. The number of benzene rings is 1. The first kappa shape index (κ1) is 22.2. The summed E-state index contributed by atoms with van der Waals surface area (Å²) in [5.41, 5.74) is 1.26. The normalized spacial score (nSPS) is 13.7. The molecule has 147 valence electrons. The van der Waals surface area contributed by atoms with Crippen molar-refractivity contribution in [3.05, 3.63) is 36.8 Å². The molecule has 7 nitrogen and oxygen atoms in total. The number of carbonyl (C=O) groups is 1. The molecule has 0 bridgehead atoms. The molecular formula is C18H30N3O4S. The molecule has 3 N–H and O–H groups in total. The monoisotopic (exact) mass is 384 g/mol. The highest BCUT2D eigenvalue weighted by atomic mass is 32.2. The second-order valence-electron chi connectivity index (χ2n) is 6.33. The zero-order valence-electron chi connectivity index (χ0n) is 15.7. The summed E-state index contributed by atoms with van der Waals surface area (Å²) in [6.45, 7) is 6.29. The molecule has 0 heterocycles. The van der Waals surface area contributed by atoms with Crippen LogP contribution in [0.1, 0.15) is 38.2 Å². The minimum Gasteiger partial charge on any atom is -0.381 e. The Morgan fingerprint density at radius 3 is 2.69 bits per heavy atom. The van der Waals surface area contributed by atoms with Gasteiger partial charge in [-0.15, -0.1) is 0 Å². The van der Waals surface area contributed by atoms with E-state index in [1.807, 2.05) is 6.07 Å². The highest BCUT2D eigenvalue weighted by Gasteiger charge is 2.15. The van der Waals surface area contributed by atoms with Crippen molar-refractivity contribution < 1.29 is 17.9 Å². The Balaban J connectivity index is 2.57. The fourth-order valence-corrected chi connectivity index (χ4v) is 3.05. The fraction of sp³-hybridized carbons (Fsp3) is 0.556. The van der Waals surface area contributed by atoms with E-state index in [0.29, 0.717) is 18.7 Å². The number of amides is 2. The van der Waals surface area contributed by atoms with Crippen molar-refractivity contribution in [2.45, 2.75) is 51.3 Å². The third-order valence-corrected chi connectivity index (χ3v) is 4.41. The van der Waals surface area contributed by atoms with Gasteiger partial charge in [-0.1, -0.05) is 31.9 Å². The molecule has 8 heteroatoms. The van der Waals surface area contributed by atoms with Gasteiger partial charge in [0.25, 0.3) is 0 Å². The number of methoxy groups -OCH3 is 1. The maximum Gasteiger partial charge on any atom is 0.315 e. The minimum atomic E-state index is -3.33. The van der Waals surface area contributed by atoms with Crippen molar-refractivity contribution in [3.8, 4) is 0 Å². The van der Waals surface area contributed by atoms with E-state index in [1.165, 1.54) is 0 Å². The predicted octanol–water partition coefficient (Wildman–Crippen LogP) is 2.66. The molecule has 1 aromatic rings. The highest BCUT2D eigenvalue weighted by molar-refractivity contribution is 7.92. The first-order valence-corrected chi connectivity index (χ1v) is 10.6. The fourth-order valence-electron chi connectivity index (χ4n) is 2.49. The largest absolute Gasteiger partial charge is 0.381 e. The van der Waals surface area contributed by atoms with Gasteiger partial charge < -0.3 is 15.4 Å². The number of hydrogen-bond acceptors (Lipinski definition) is 4. The number of unbranched alkanes of at least 4 members (excludes halogenated alkanes) is 1. The van der Waals surface area contributed by atoms with Gasteiger partial charge in [0.15, 0.2) is 0 Å². The van der Waals surface area contributed by atoms with Gasteiger partial charge in [0.2, 0.25) is 10.0 Å². The van der Waals surface area contributed by atoms with Gasteiger partial charge in [-0.3, -0.25) is 4.72 Å². The number of carbonyl (C=O) groups excluding carboxylic acids is 1. The van der Waals surface area contributed by atoms with Crippen LogP contribution < -0.4 is 15.4 Å². The third-order valence-electron chi connectivity index (χ3n) is 3.81. The number of urea groups is 1. The summed E-state index contributed by atoms with van der Waals surface area (Å²) in [6, 6.07) is 6.63. The molecular weight excluding hydrogens is 354 g/mol. The zero-order chi connectivity index (χ0) is 19.6. The maximum absolute atomic E-state index is 12.2. The van der Waals surface area contributed by atoms with Crippen LogP contribution >= 0.6 is 0 Å². The van der Waals surface area contributed by atoms with Crippen molar-refractivity contribution >= 4 is 21.7 Å². The van der Waals surface area contributed by atoms with Gasteiger partial charge in [-0.25, -0.2) is 13.2 Å². The smallest absolute Gasteiger partial charge is 0.315 e. The topological polar surface area (TPSA) is 96.5 Å². The van der Waals surface area contributed by atoms with Gasteiger partial charge in [0.1, 0.15) is 0 Å². The molecule has 1 aromatic carbocycles. The van der Waals surface area contributed by atoms with E-state index in [-0.39, 0.29) is 18.2 Å². The number of ether oxygens (including phenoxy) is 1. The molecule has 1 unspecified atom stereocenters. The summed E-state index contributed by atoms with van der Waals surface area (Å²) in [7, 11) is -1.73. The second-order valence-corrected chi connectivity index (χ2v) is 8.08. The van der Waals surface area contributed by atoms with E-state index in [9.17, 15) is 13.2 Å². The van der Waals surface area contributed by atoms with Crippen LogP contribution in [-0.4, -0.2) is 40.0 Å². The standard InChI is InChI=1S/C18H30N3O4S/c1-5-6-9-16(11-14(2)25-3)20-18(22)19-13-15-8-7-10-17(12-15)21-26(4,23)24/h7-8,10,12,14,16,21H,2,5-6,9,11,13H2,1,3-4H3,(H2,19,20,22)/t14?,16-/m1/s1. The van der Waals surface area contributed by atoms with E-state index in [2.05, 4.69) is 29.2 Å². The van der Waals surface area contributed by atoms with Gasteiger partial charge in [-0.2, -0.15) is 0 Å². The Bertz CT molecular complexity index is 664. The summed E-state index contributed by atoms with van der Waals surface area (Å²) < 4.78 is 30.2. The lowest BCUT2D eigenvalue weighted by atomic mass is 10.0. The zero-order valence-corrected chi connectivity index (χ0v) is 16.6. The first-order valence-electron chi connectivity index (χ1n) is 8.70. The molecule has 0 saturated carbocycles. The molecule has 0 spiro atoms. The van der Waals surface area contributed by atoms with Crippen LogP contribution in [0.25, 0.3) is 0 Å². The number of rotatable bonds is 11. The van der Waals surface area contributed by atoms with Gasteiger partial charge in [-0.05, 0) is 37.5 Å². The highest BCUT2D eigenvalue weighted by Crippen LogP contribution is 2.12. The van der Waals surface area contributed by atoms with E-state index in [4.69, 9.17) is 4.74 Å². The van der Waals surface area contributed by atoms with Gasteiger partial charge in [0.05, 0.1) is 12.4 Å². The SMILES string of the molecule is [CH2]C(C[C@@H](CCCC)NC(=O)NCc1cccc(NS(C)(=O)=O)c1)OC. The summed E-state index contributed by atoms with van der Waals surface area (Å²) in [5, 5.41) is 5.76. The first-order chi connectivity index (χ1) is 12.2. The molecule has 0 aliphatic carbocycles. The Morgan fingerprint density at radius 2 is 2.08 bits per heavy atom. The van der Waals surface area contributed by atoms with Crippen LogP contribution in [0.2, 0.25) is 0 Å². The summed E-state index contributed by atoms with van der Waals surface area (Å²) in [5.74, 6) is 0. The molecule has 0 fully saturated rings. The average Bonchev–Trinajstić information content (AvgIpc) is 2.56. The third kappa shape index (κ3) is 9.62. The van der Waals surface area contributed by atoms with E-state index < -0.39 is 10.0 Å². The number of nitrogens with one attached hydrogen (secondary N) is 3. The van der Waals surface area contributed by atoms with Crippen molar-refractivity contribution in [2.75, 3.05) is 18.1 Å². The van der Waals surface area contributed by atoms with Crippen molar-refractivity contribution in [1.82, 2.24) is 10.6 Å². The maximum atomic E-state index is 12.2. The lowest BCUT2D eigenvalue weighted by molar-refractivity contribution is 0.120. The van der Waals surface area contributed by atoms with Crippen LogP contribution in [0.15, 0.2) is 24.3 Å². The Morgan fingerprint density at radius 1 is 1.35 bits per heavy atom. The summed E-state index contributed by atoms with van der Waals surface area (Å²) in [6.07, 6.45) is 4.51. The van der Waals surface area contributed by atoms with Crippen LogP contribution in [-0.2, 0) is 21.3 Å². The Hall–Kier alpha value is -1.80. The molecule has 0 aromatic heterocycles. The van der Waals surface area contributed by atoms with E-state index >= 15 is 0 Å². The van der Waals surface area contributed by atoms with E-state index in [1.54, 1.807) is 25.3 Å². The Kier molecular flexibility index (Phi) is 9.43. The van der Waals surface area contributed by atoms with Crippen molar-refractivity contribution in [3.63, 3.8) is 0 Å². The van der Waals surface area contributed by atoms with Gasteiger partial charge in [0, 0.05) is 25.4 Å². The van der Waals surface area contributed by atoms with Crippen molar-refractivity contribution in [1.29, 1.82) is 0 Å². The van der Waals surface area contributed by atoms with E-state index in [0.717, 1.165) is 31.1 Å². The second kappa shape index (κ2) is 11.0. The average molecular weight is 385 g/mol. The summed E-state index contributed by atoms with van der Waals surface area (Å²) >= 11 is 0. The van der Waals surface area contributed by atoms with Crippen LogP contribution in [0.5, 0.6) is 0 Å². The lowest BCUT2D eigenvalue weighted by Crippen LogP contribution is -2.43. The number of hydrogen-bond donors (Lipinski definition) is 3. The Labute approximate surface area is 156 Å². The molecule has 2 atom stereocenters. The van der Waals surface area contributed by atoms with Crippen LogP contribution in [0.4, 0.5) is 10.5 Å². The van der Waals surface area contributed by atoms with Gasteiger partial charge >= 0.3 is 6.03 Å². The van der Waals surface area contributed by atoms with Crippen LogP contribution in [0.3, 0.4) is 0 Å². The molecule has 1 rings (SSSR count). The molecule has 1 radical (unpaired) electrons. The number of anilines is 1. The predicted molar refractivity (Wildman–Crippen MR) is 104 cm³/mol. The quantitative estimate of drug-likeness (QED) is 0.546. The molecule has 2 amide bonds.